The molecule has 2 fully saturated rings. The minimum Gasteiger partial charge on any atom is -0.497 e. The number of rotatable bonds is 6. The van der Waals surface area contributed by atoms with Crippen LogP contribution in [0.1, 0.15) is 25.3 Å². The summed E-state index contributed by atoms with van der Waals surface area (Å²) in [7, 11) is 1.68. The summed E-state index contributed by atoms with van der Waals surface area (Å²) in [5.74, 6) is 1.65. The van der Waals surface area contributed by atoms with Crippen LogP contribution < -0.4 is 20.9 Å². The molecule has 5 heteroatoms. The molecule has 2 aliphatic rings. The Labute approximate surface area is 131 Å². The van der Waals surface area contributed by atoms with Gasteiger partial charge in [-0.2, -0.15) is 0 Å². The van der Waals surface area contributed by atoms with Gasteiger partial charge in [-0.05, 0) is 49.8 Å². The summed E-state index contributed by atoms with van der Waals surface area (Å²) in [6.45, 7) is 2.74. The molecule has 3 unspecified atom stereocenters. The number of hydrogen-bond donors (Lipinski definition) is 3. The van der Waals surface area contributed by atoms with E-state index in [4.69, 9.17) is 4.74 Å². The fraction of sp³-hybridized carbons (Fsp3) is 0.588. The maximum atomic E-state index is 12.5. The van der Waals surface area contributed by atoms with Crippen molar-refractivity contribution in [3.05, 3.63) is 29.8 Å². The van der Waals surface area contributed by atoms with Crippen LogP contribution in [-0.2, 0) is 11.2 Å². The van der Waals surface area contributed by atoms with Crippen LogP contribution in [0.3, 0.4) is 0 Å². The van der Waals surface area contributed by atoms with Crippen molar-refractivity contribution >= 4 is 5.91 Å². The zero-order valence-corrected chi connectivity index (χ0v) is 13.3. The van der Waals surface area contributed by atoms with E-state index in [9.17, 15) is 4.79 Å². The van der Waals surface area contributed by atoms with Crippen molar-refractivity contribution < 1.29 is 9.53 Å². The van der Waals surface area contributed by atoms with Crippen molar-refractivity contribution in [2.24, 2.45) is 11.8 Å². The van der Waals surface area contributed by atoms with E-state index in [-0.39, 0.29) is 23.9 Å². The Morgan fingerprint density at radius 2 is 2.27 bits per heavy atom. The molecule has 3 rings (SSSR count). The van der Waals surface area contributed by atoms with Crippen molar-refractivity contribution in [1.29, 1.82) is 0 Å². The van der Waals surface area contributed by atoms with E-state index in [1.54, 1.807) is 7.11 Å². The molecular weight excluding hydrogens is 278 g/mol. The average molecular weight is 303 g/mol. The lowest BCUT2D eigenvalue weighted by atomic mass is 9.98. The summed E-state index contributed by atoms with van der Waals surface area (Å²) < 4.78 is 5.29. The van der Waals surface area contributed by atoms with E-state index in [0.717, 1.165) is 12.2 Å². The summed E-state index contributed by atoms with van der Waals surface area (Å²) in [5.41, 5.74) is 7.38. The molecule has 1 aliphatic carbocycles. The van der Waals surface area contributed by atoms with Gasteiger partial charge in [0.05, 0.1) is 13.0 Å². The summed E-state index contributed by atoms with van der Waals surface area (Å²) >= 11 is 0. The fourth-order valence-corrected chi connectivity index (χ4v) is 3.10. The molecule has 120 valence electrons. The van der Waals surface area contributed by atoms with E-state index >= 15 is 0 Å². The summed E-state index contributed by atoms with van der Waals surface area (Å²) in [4.78, 5) is 12.5. The highest BCUT2D eigenvalue weighted by Gasteiger charge is 2.36. The van der Waals surface area contributed by atoms with Crippen molar-refractivity contribution in [3.8, 4) is 5.75 Å². The monoisotopic (exact) mass is 303 g/mol. The van der Waals surface area contributed by atoms with E-state index in [0.29, 0.717) is 12.5 Å². The maximum Gasteiger partial charge on any atom is 0.226 e. The largest absolute Gasteiger partial charge is 0.497 e. The Balaban J connectivity index is 1.64. The number of amides is 1. The molecule has 1 aromatic rings. The number of ether oxygens (including phenoxy) is 1. The molecule has 1 aromatic carbocycles. The lowest BCUT2D eigenvalue weighted by Gasteiger charge is -2.22. The number of carbonyl (C=O) groups excluding carboxylic acids is 1. The Morgan fingerprint density at radius 3 is 2.91 bits per heavy atom. The number of carbonyl (C=O) groups is 1. The van der Waals surface area contributed by atoms with Gasteiger partial charge in [-0.1, -0.05) is 12.1 Å². The molecular formula is C17H25N3O2. The highest BCUT2D eigenvalue weighted by molar-refractivity contribution is 5.80. The molecule has 0 spiro atoms. The smallest absolute Gasteiger partial charge is 0.226 e. The Bertz CT molecular complexity index is 530. The number of hydrazine groups is 1. The van der Waals surface area contributed by atoms with Crippen molar-refractivity contribution in [2.75, 3.05) is 13.7 Å². The highest BCUT2D eigenvalue weighted by atomic mass is 16.5. The lowest BCUT2D eigenvalue weighted by Crippen LogP contribution is -2.44. The SMILES string of the molecule is COc1cccc(CC(NC(=O)C2CNNC2C)C2CC2)c1. The first-order valence-corrected chi connectivity index (χ1v) is 8.09. The second kappa shape index (κ2) is 6.67. The molecule has 1 aliphatic heterocycles. The molecule has 1 heterocycles. The first-order valence-electron chi connectivity index (χ1n) is 8.09. The second-order valence-corrected chi connectivity index (χ2v) is 6.43. The van der Waals surface area contributed by atoms with Gasteiger partial charge in [0, 0.05) is 18.6 Å². The number of nitrogens with one attached hydrogen (secondary N) is 3. The van der Waals surface area contributed by atoms with E-state index in [1.807, 2.05) is 19.1 Å². The third-order valence-electron chi connectivity index (χ3n) is 4.70. The lowest BCUT2D eigenvalue weighted by molar-refractivity contribution is -0.125. The molecule has 1 saturated heterocycles. The van der Waals surface area contributed by atoms with Crippen molar-refractivity contribution in [1.82, 2.24) is 16.2 Å². The van der Waals surface area contributed by atoms with Crippen LogP contribution in [0.5, 0.6) is 5.75 Å². The predicted octanol–water partition coefficient (Wildman–Crippen LogP) is 1.24. The van der Waals surface area contributed by atoms with Gasteiger partial charge in [-0.15, -0.1) is 0 Å². The van der Waals surface area contributed by atoms with Gasteiger partial charge >= 0.3 is 0 Å². The van der Waals surface area contributed by atoms with Crippen LogP contribution >= 0.6 is 0 Å². The van der Waals surface area contributed by atoms with Gasteiger partial charge in [-0.3, -0.25) is 15.6 Å². The van der Waals surface area contributed by atoms with Gasteiger partial charge in [-0.25, -0.2) is 0 Å². The molecule has 3 N–H and O–H groups in total. The van der Waals surface area contributed by atoms with E-state index < -0.39 is 0 Å². The van der Waals surface area contributed by atoms with Crippen molar-refractivity contribution in [3.63, 3.8) is 0 Å². The Hall–Kier alpha value is -1.59. The molecule has 1 saturated carbocycles. The Kier molecular flexibility index (Phi) is 4.64. The maximum absolute atomic E-state index is 12.5. The highest BCUT2D eigenvalue weighted by Crippen LogP contribution is 2.34. The van der Waals surface area contributed by atoms with Crippen LogP contribution in [0, 0.1) is 11.8 Å². The topological polar surface area (TPSA) is 62.4 Å². The van der Waals surface area contributed by atoms with E-state index in [2.05, 4.69) is 28.3 Å². The summed E-state index contributed by atoms with van der Waals surface area (Å²) in [5, 5.41) is 3.28. The zero-order valence-electron chi connectivity index (χ0n) is 13.3. The van der Waals surface area contributed by atoms with Gasteiger partial charge in [0.1, 0.15) is 5.75 Å². The minimum atomic E-state index is 0.00607. The van der Waals surface area contributed by atoms with Gasteiger partial charge < -0.3 is 10.1 Å². The van der Waals surface area contributed by atoms with Gasteiger partial charge in [0.2, 0.25) is 5.91 Å². The molecule has 22 heavy (non-hydrogen) atoms. The van der Waals surface area contributed by atoms with Crippen LogP contribution in [0.25, 0.3) is 0 Å². The third-order valence-corrected chi connectivity index (χ3v) is 4.70. The first-order chi connectivity index (χ1) is 10.7. The van der Waals surface area contributed by atoms with Gasteiger partial charge in [0.25, 0.3) is 0 Å². The first kappa shape index (κ1) is 15.3. The molecule has 0 aromatic heterocycles. The van der Waals surface area contributed by atoms with Gasteiger partial charge in [0.15, 0.2) is 0 Å². The standard InChI is InChI=1S/C17H25N3O2/c1-11-15(10-18-20-11)17(21)19-16(13-6-7-13)9-12-4-3-5-14(8-12)22-2/h3-5,8,11,13,15-16,18,20H,6-7,9-10H2,1-2H3,(H,19,21). The Morgan fingerprint density at radius 1 is 1.45 bits per heavy atom. The second-order valence-electron chi connectivity index (χ2n) is 6.43. The molecule has 3 atom stereocenters. The zero-order chi connectivity index (χ0) is 15.5. The van der Waals surface area contributed by atoms with Crippen molar-refractivity contribution in [2.45, 2.75) is 38.3 Å². The fourth-order valence-electron chi connectivity index (χ4n) is 3.10. The van der Waals surface area contributed by atoms with Crippen LogP contribution in [0.4, 0.5) is 0 Å². The quantitative estimate of drug-likeness (QED) is 0.740. The molecule has 5 nitrogen and oxygen atoms in total. The van der Waals surface area contributed by atoms with Crippen LogP contribution in [0.15, 0.2) is 24.3 Å². The number of benzene rings is 1. The summed E-state index contributed by atoms with van der Waals surface area (Å²) in [6, 6.07) is 8.52. The average Bonchev–Trinajstić information content (AvgIpc) is 3.28. The third kappa shape index (κ3) is 3.59. The van der Waals surface area contributed by atoms with Crippen LogP contribution in [0.2, 0.25) is 0 Å². The predicted molar refractivity (Wildman–Crippen MR) is 85.4 cm³/mol. The van der Waals surface area contributed by atoms with Crippen LogP contribution in [-0.4, -0.2) is 31.6 Å². The molecule has 0 radical (unpaired) electrons. The normalized spacial score (nSPS) is 25.7. The molecule has 1 amide bonds. The number of hydrogen-bond acceptors (Lipinski definition) is 4. The molecule has 0 bridgehead atoms. The minimum absolute atomic E-state index is 0.00607. The van der Waals surface area contributed by atoms with E-state index in [1.165, 1.54) is 18.4 Å². The number of methoxy groups -OCH3 is 1. The summed E-state index contributed by atoms with van der Waals surface area (Å²) in [6.07, 6.45) is 3.30.